The highest BCUT2D eigenvalue weighted by Crippen LogP contribution is 2.83. The molecule has 0 aromatic carbocycles. The van der Waals surface area contributed by atoms with Gasteiger partial charge in [0.15, 0.2) is 0 Å². The summed E-state index contributed by atoms with van der Waals surface area (Å²) in [5.41, 5.74) is 0. The molecule has 0 bridgehead atoms. The summed E-state index contributed by atoms with van der Waals surface area (Å²) in [6.07, 6.45) is 0. The molecule has 0 aromatic heterocycles. The first-order valence-corrected chi connectivity index (χ1v) is 6.91. The lowest BCUT2D eigenvalue weighted by atomic mass is 16.0. The largest absolute Gasteiger partial charge is 0.402 e. The van der Waals surface area contributed by atoms with Crippen LogP contribution in [0, 0.1) is 0 Å². The lowest BCUT2D eigenvalue weighted by Gasteiger charge is -1.74. The molecule has 6 heavy (non-hydrogen) atoms. The van der Waals surface area contributed by atoms with Crippen LogP contribution in [0.15, 0.2) is 0 Å². The van der Waals surface area contributed by atoms with Crippen molar-refractivity contribution in [2.45, 2.75) is 0 Å². The maximum absolute atomic E-state index is 9.58. The molecule has 0 fully saturated rings. The Bertz CT molecular complexity index is 54.3. The molecule has 0 amide bonds. The van der Waals surface area contributed by atoms with Gasteiger partial charge in [-0.05, 0) is 0 Å². The molecule has 0 aliphatic rings. The van der Waals surface area contributed by atoms with E-state index in [9.17, 15) is 4.57 Å². The second-order valence-corrected chi connectivity index (χ2v) is 12.0. The van der Waals surface area contributed by atoms with Crippen molar-refractivity contribution in [2.75, 3.05) is 0 Å². The Kier molecular flexibility index (Phi) is 3.26. The van der Waals surface area contributed by atoms with E-state index in [0.717, 1.165) is 0 Å². The topological polar surface area (TPSA) is 17.1 Å². The molecule has 0 aliphatic heterocycles. The summed E-state index contributed by atoms with van der Waals surface area (Å²) in [7, 11) is -0.368. The van der Waals surface area contributed by atoms with Crippen LogP contribution in [0.1, 0.15) is 0 Å². The zero-order chi connectivity index (χ0) is 5.21. The molecular weight excluding hydrogens is 184 g/mol. The third-order valence-corrected chi connectivity index (χ3v) is 2.50. The average molecular weight is 184 g/mol. The summed E-state index contributed by atoms with van der Waals surface area (Å²) in [5, 5.41) is -2.56. The first-order chi connectivity index (χ1) is 2.56. The SMILES string of the molecule is O=P[P+](Cl)(Cl)Cl. The van der Waals surface area contributed by atoms with Crippen LogP contribution in [-0.4, -0.2) is 0 Å². The molecule has 0 rings (SSSR count). The molecule has 0 saturated heterocycles. The number of hydrogen-bond acceptors (Lipinski definition) is 1. The molecular formula is Cl3OP2+. The lowest BCUT2D eigenvalue weighted by Crippen LogP contribution is -1.26. The summed E-state index contributed by atoms with van der Waals surface area (Å²) < 4.78 is 9.58. The minimum Gasteiger partial charge on any atom is -0.221 e. The van der Waals surface area contributed by atoms with Crippen LogP contribution in [0.3, 0.4) is 0 Å². The van der Waals surface area contributed by atoms with E-state index in [-0.39, 0.29) is 8.15 Å². The third kappa shape index (κ3) is 5.40. The van der Waals surface area contributed by atoms with Gasteiger partial charge in [0.05, 0.1) is 0 Å². The fourth-order valence-electron chi connectivity index (χ4n) is 0. The first kappa shape index (κ1) is 7.40. The summed E-state index contributed by atoms with van der Waals surface area (Å²) >= 11 is 15.1. The normalized spacial score (nSPS) is 12.5. The van der Waals surface area contributed by atoms with Gasteiger partial charge in [-0.3, -0.25) is 0 Å². The predicted octanol–water partition coefficient (Wildman–Crippen LogP) is 3.67. The van der Waals surface area contributed by atoms with Crippen molar-refractivity contribution in [3.8, 4) is 0 Å². The highest BCUT2D eigenvalue weighted by atomic mass is 36.1. The minimum atomic E-state index is -2.56. The van der Waals surface area contributed by atoms with Crippen LogP contribution in [-0.2, 0) is 4.57 Å². The molecule has 0 radical (unpaired) electrons. The summed E-state index contributed by atoms with van der Waals surface area (Å²) in [6, 6.07) is 0. The monoisotopic (exact) mass is 183 g/mol. The van der Waals surface area contributed by atoms with Crippen molar-refractivity contribution < 1.29 is 4.57 Å². The van der Waals surface area contributed by atoms with Gasteiger partial charge in [0.1, 0.15) is 33.7 Å². The molecule has 0 aromatic rings. The Hall–Kier alpha value is 1.40. The molecule has 1 nitrogen and oxygen atoms in total. The number of halogens is 3. The van der Waals surface area contributed by atoms with Gasteiger partial charge < -0.3 is 0 Å². The van der Waals surface area contributed by atoms with E-state index >= 15 is 0 Å². The molecule has 0 heterocycles. The van der Waals surface area contributed by atoms with Gasteiger partial charge in [0.2, 0.25) is 0 Å². The smallest absolute Gasteiger partial charge is 0.221 e. The average Bonchev–Trinajstić information content (AvgIpc) is 1.35. The van der Waals surface area contributed by atoms with E-state index in [1.165, 1.54) is 0 Å². The van der Waals surface area contributed by atoms with E-state index in [0.29, 0.717) is 0 Å². The fraction of sp³-hybridized carbons (Fsp3) is 0. The van der Waals surface area contributed by atoms with Crippen molar-refractivity contribution in [1.82, 2.24) is 0 Å². The van der Waals surface area contributed by atoms with Crippen LogP contribution < -0.4 is 0 Å². The van der Waals surface area contributed by atoms with E-state index in [4.69, 9.17) is 33.7 Å². The summed E-state index contributed by atoms with van der Waals surface area (Å²) in [4.78, 5) is 0. The van der Waals surface area contributed by atoms with Gasteiger partial charge in [0.25, 0.3) is 0 Å². The quantitative estimate of drug-likeness (QED) is 0.568. The van der Waals surface area contributed by atoms with Crippen molar-refractivity contribution in [3.63, 3.8) is 0 Å². The van der Waals surface area contributed by atoms with Gasteiger partial charge in [0, 0.05) is 0 Å². The Morgan fingerprint density at radius 3 is 1.50 bits per heavy atom. The molecule has 0 aliphatic carbocycles. The van der Waals surface area contributed by atoms with E-state index in [1.54, 1.807) is 0 Å². The van der Waals surface area contributed by atoms with E-state index in [2.05, 4.69) is 0 Å². The highest BCUT2D eigenvalue weighted by molar-refractivity contribution is 8.62. The molecule has 0 unspecified atom stereocenters. The molecule has 0 saturated carbocycles. The zero-order valence-corrected chi connectivity index (χ0v) is 6.49. The van der Waals surface area contributed by atoms with Crippen LogP contribution in [0.5, 0.6) is 0 Å². The number of rotatable bonds is 1. The van der Waals surface area contributed by atoms with Gasteiger partial charge in [-0.1, -0.05) is 0 Å². The van der Waals surface area contributed by atoms with Gasteiger partial charge >= 0.3 is 13.2 Å². The Balaban J connectivity index is 3.45. The zero-order valence-electron chi connectivity index (χ0n) is 2.44. The Morgan fingerprint density at radius 1 is 1.33 bits per heavy atom. The third-order valence-electron chi connectivity index (χ3n) is 0.0926. The van der Waals surface area contributed by atoms with Crippen molar-refractivity contribution in [1.29, 1.82) is 0 Å². The predicted molar refractivity (Wildman–Crippen MR) is 32.1 cm³/mol. The minimum absolute atomic E-state index is 0.368. The molecule has 0 atom stereocenters. The molecule has 0 spiro atoms. The van der Waals surface area contributed by atoms with E-state index in [1.807, 2.05) is 0 Å². The first-order valence-electron chi connectivity index (χ1n) is 0.890. The van der Waals surface area contributed by atoms with Crippen LogP contribution in [0.4, 0.5) is 0 Å². The maximum atomic E-state index is 9.58. The summed E-state index contributed by atoms with van der Waals surface area (Å²) in [5.74, 6) is 0. The highest BCUT2D eigenvalue weighted by Gasteiger charge is 2.34. The van der Waals surface area contributed by atoms with Gasteiger partial charge in [-0.2, -0.15) is 0 Å². The van der Waals surface area contributed by atoms with E-state index < -0.39 is 5.01 Å². The second-order valence-electron chi connectivity index (χ2n) is 0.500. The maximum Gasteiger partial charge on any atom is 0.402 e. The van der Waals surface area contributed by atoms with Crippen LogP contribution in [0.2, 0.25) is 0 Å². The molecule has 0 N–H and O–H groups in total. The summed E-state index contributed by atoms with van der Waals surface area (Å²) in [6.45, 7) is 0. The molecule has 36 valence electrons. The van der Waals surface area contributed by atoms with Crippen molar-refractivity contribution in [2.24, 2.45) is 0 Å². The van der Waals surface area contributed by atoms with Crippen molar-refractivity contribution in [3.05, 3.63) is 0 Å². The standard InChI is InChI=1S/Cl3OP2/c1-6(2,3)5-4/q+1. The Labute approximate surface area is 51.8 Å². The molecule has 6 heteroatoms. The van der Waals surface area contributed by atoms with Gasteiger partial charge in [-0.25, -0.2) is 4.57 Å². The fourth-order valence-corrected chi connectivity index (χ4v) is 0. The van der Waals surface area contributed by atoms with Crippen molar-refractivity contribution >= 4 is 46.9 Å². The second kappa shape index (κ2) is 2.64. The Morgan fingerprint density at radius 2 is 1.50 bits per heavy atom. The lowest BCUT2D eigenvalue weighted by molar-refractivity contribution is 0.605. The van der Waals surface area contributed by atoms with Gasteiger partial charge in [-0.15, -0.1) is 0 Å². The number of hydrogen-bond donors (Lipinski definition) is 0. The van der Waals surface area contributed by atoms with Crippen LogP contribution >= 0.6 is 46.9 Å². The van der Waals surface area contributed by atoms with Crippen LogP contribution in [0.25, 0.3) is 0 Å².